The van der Waals surface area contributed by atoms with E-state index in [1.165, 1.54) is 89.7 Å². The van der Waals surface area contributed by atoms with Gasteiger partial charge in [0.2, 0.25) is 0 Å². The van der Waals surface area contributed by atoms with E-state index < -0.39 is 0 Å². The number of benzene rings is 8. The highest BCUT2D eigenvalue weighted by Gasteiger charge is 2.16. The van der Waals surface area contributed by atoms with Crippen LogP contribution in [0.4, 0.5) is 0 Å². The van der Waals surface area contributed by atoms with Crippen LogP contribution in [0.2, 0.25) is 0 Å². The van der Waals surface area contributed by atoms with Gasteiger partial charge in [-0.25, -0.2) is 0 Å². The molecule has 0 N–H and O–H groups in total. The molecule has 0 aliphatic heterocycles. The minimum Gasteiger partial charge on any atom is -0.0619 e. The average Bonchev–Trinajstić information content (AvgIpc) is 3.87. The summed E-state index contributed by atoms with van der Waals surface area (Å²) >= 11 is 0. The summed E-state index contributed by atoms with van der Waals surface area (Å²) in [6, 6.07) is 60.1. The van der Waals surface area contributed by atoms with Crippen LogP contribution in [0.25, 0.3) is 55.6 Å². The van der Waals surface area contributed by atoms with Gasteiger partial charge in [0.1, 0.15) is 0 Å². The summed E-state index contributed by atoms with van der Waals surface area (Å²) in [4.78, 5) is 0. The first-order chi connectivity index (χ1) is 23.3. The van der Waals surface area contributed by atoms with Crippen molar-refractivity contribution < 1.29 is 0 Å². The fraction of sp³-hybridized carbons (Fsp3) is 0.0638. The van der Waals surface area contributed by atoms with Crippen LogP contribution < -0.4 is 0 Å². The molecule has 0 radical (unpaired) electrons. The van der Waals surface area contributed by atoms with Crippen LogP contribution in [0.15, 0.2) is 170 Å². The molecule has 11 rings (SSSR count). The number of aryl methyl sites for hydroxylation is 2. The zero-order valence-corrected chi connectivity index (χ0v) is 26.4. The first kappa shape index (κ1) is 28.7. The Morgan fingerprint density at radius 2 is 0.638 bits per heavy atom. The van der Waals surface area contributed by atoms with Crippen LogP contribution in [0.5, 0.6) is 0 Å². The molecule has 0 saturated carbocycles. The van der Waals surface area contributed by atoms with Gasteiger partial charge in [0, 0.05) is 0 Å². The predicted molar refractivity (Wildman–Crippen MR) is 203 cm³/mol. The molecule has 0 fully saturated rings. The maximum atomic E-state index is 2.25. The fourth-order valence-electron chi connectivity index (χ4n) is 7.26. The van der Waals surface area contributed by atoms with E-state index in [9.17, 15) is 0 Å². The highest BCUT2D eigenvalue weighted by Crippen LogP contribution is 2.36. The van der Waals surface area contributed by atoms with Crippen LogP contribution in [0, 0.1) is 0 Å². The van der Waals surface area contributed by atoms with Crippen molar-refractivity contribution in [3.8, 4) is 11.1 Å². The summed E-state index contributed by atoms with van der Waals surface area (Å²) in [6.07, 6.45) is 7.93. The molecule has 0 saturated heterocycles. The van der Waals surface area contributed by atoms with Crippen molar-refractivity contribution in [1.29, 1.82) is 0 Å². The summed E-state index contributed by atoms with van der Waals surface area (Å²) in [7, 11) is 0. The van der Waals surface area contributed by atoms with E-state index in [1.807, 2.05) is 0 Å². The van der Waals surface area contributed by atoms with E-state index in [-0.39, 0.29) is 0 Å². The molecule has 0 heteroatoms. The molecule has 0 nitrogen and oxygen atoms in total. The van der Waals surface area contributed by atoms with E-state index in [2.05, 4.69) is 182 Å². The summed E-state index contributed by atoms with van der Waals surface area (Å²) in [5, 5.41) is 8.28. The molecule has 3 aliphatic carbocycles. The summed E-state index contributed by atoms with van der Waals surface area (Å²) < 4.78 is 0. The van der Waals surface area contributed by atoms with E-state index in [1.54, 1.807) is 0 Å². The third kappa shape index (κ3) is 5.87. The molecule has 8 aromatic rings. The summed E-state index contributed by atoms with van der Waals surface area (Å²) in [6.45, 7) is 0. The van der Waals surface area contributed by atoms with Gasteiger partial charge in [-0.05, 0) is 96.1 Å². The average molecular weight is 601 g/mol. The number of hydrogen-bond acceptors (Lipinski definition) is 0. The van der Waals surface area contributed by atoms with Crippen molar-refractivity contribution in [2.24, 2.45) is 0 Å². The zero-order valence-electron chi connectivity index (χ0n) is 26.4. The first-order valence-electron chi connectivity index (χ1n) is 16.6. The van der Waals surface area contributed by atoms with E-state index in [4.69, 9.17) is 0 Å². The molecule has 0 aromatic heterocycles. The lowest BCUT2D eigenvalue weighted by Crippen LogP contribution is -1.77. The van der Waals surface area contributed by atoms with Gasteiger partial charge < -0.3 is 0 Å². The predicted octanol–water partition coefficient (Wildman–Crippen LogP) is 12.4. The SMILES string of the molecule is C1=Cc2cccc3cccc1c23.c1cc2c3c(cccc3c1)CC2.c1ccc2c(c1)Cc1ccccc1-2.c1ccc2ccccc2c1. The summed E-state index contributed by atoms with van der Waals surface area (Å²) in [5.41, 5.74) is 11.5. The molecule has 0 atom stereocenters. The lowest BCUT2D eigenvalue weighted by atomic mass is 10.0. The molecular formula is C47H36. The Labute approximate surface area is 277 Å². The Hall–Kier alpha value is -5.72. The Balaban J connectivity index is 0.0000000923. The molecule has 3 aliphatic rings. The van der Waals surface area contributed by atoms with E-state index >= 15 is 0 Å². The molecule has 47 heavy (non-hydrogen) atoms. The standard InChI is InChI=1S/C13H10.C12H10.C12H8.C10H8/c1-3-7-12-10(5-1)9-11-6-2-4-8-13(11)12;2*1-3-9-4-2-6-11-8-7-10(5-1)12(9)11;1-2-6-10-8-4-3-7-9(10)5-1/h1-8H,9H2;1-6H,7-8H2;1-8H;1-8H. The highest BCUT2D eigenvalue weighted by atomic mass is 14.2. The molecule has 8 aromatic carbocycles. The number of fused-ring (bicyclic) bond motifs is 4. The van der Waals surface area contributed by atoms with E-state index in [0.29, 0.717) is 0 Å². The van der Waals surface area contributed by atoms with Gasteiger partial charge >= 0.3 is 0 Å². The van der Waals surface area contributed by atoms with Crippen LogP contribution in [-0.2, 0) is 19.3 Å². The van der Waals surface area contributed by atoms with E-state index in [0.717, 1.165) is 6.42 Å². The molecule has 0 amide bonds. The summed E-state index contributed by atoms with van der Waals surface area (Å²) in [5.74, 6) is 0. The largest absolute Gasteiger partial charge is 0.0619 e. The smallest absolute Gasteiger partial charge is 0.00135 e. The Bertz CT molecular complexity index is 2190. The van der Waals surface area contributed by atoms with Crippen LogP contribution in [-0.4, -0.2) is 0 Å². The van der Waals surface area contributed by atoms with Crippen LogP contribution >= 0.6 is 0 Å². The van der Waals surface area contributed by atoms with Gasteiger partial charge in [0.25, 0.3) is 0 Å². The highest BCUT2D eigenvalue weighted by molar-refractivity contribution is 6.04. The third-order valence-electron chi connectivity index (χ3n) is 9.52. The minimum atomic E-state index is 1.10. The lowest BCUT2D eigenvalue weighted by molar-refractivity contribution is 1.02. The molecular weight excluding hydrogens is 565 g/mol. The number of hydrogen-bond donors (Lipinski definition) is 0. The zero-order chi connectivity index (χ0) is 31.4. The van der Waals surface area contributed by atoms with Gasteiger partial charge in [0.05, 0.1) is 0 Å². The molecule has 224 valence electrons. The minimum absolute atomic E-state index is 1.10. The van der Waals surface area contributed by atoms with Crippen molar-refractivity contribution in [1.82, 2.24) is 0 Å². The second-order valence-corrected chi connectivity index (χ2v) is 12.4. The van der Waals surface area contributed by atoms with Gasteiger partial charge in [-0.2, -0.15) is 0 Å². The van der Waals surface area contributed by atoms with Crippen molar-refractivity contribution in [2.75, 3.05) is 0 Å². The van der Waals surface area contributed by atoms with Gasteiger partial charge in [-0.3, -0.25) is 0 Å². The quantitative estimate of drug-likeness (QED) is 0.162. The van der Waals surface area contributed by atoms with Crippen molar-refractivity contribution in [3.05, 3.63) is 203 Å². The fourth-order valence-corrected chi connectivity index (χ4v) is 7.26. The Morgan fingerprint density at radius 1 is 0.277 bits per heavy atom. The van der Waals surface area contributed by atoms with Crippen LogP contribution in [0.1, 0.15) is 33.4 Å². The Morgan fingerprint density at radius 3 is 1.13 bits per heavy atom. The third-order valence-corrected chi connectivity index (χ3v) is 9.52. The first-order valence-corrected chi connectivity index (χ1v) is 16.6. The normalized spacial score (nSPS) is 12.3. The van der Waals surface area contributed by atoms with Crippen LogP contribution in [0.3, 0.4) is 0 Å². The lowest BCUT2D eigenvalue weighted by Gasteiger charge is -1.99. The molecule has 0 spiro atoms. The van der Waals surface area contributed by atoms with Gasteiger partial charge in [0.15, 0.2) is 0 Å². The maximum Gasteiger partial charge on any atom is -0.00135 e. The van der Waals surface area contributed by atoms with Crippen molar-refractivity contribution >= 4 is 44.5 Å². The van der Waals surface area contributed by atoms with Gasteiger partial charge in [-0.1, -0.05) is 182 Å². The molecule has 0 unspecified atom stereocenters. The molecule has 0 bridgehead atoms. The molecule has 0 heterocycles. The van der Waals surface area contributed by atoms with Gasteiger partial charge in [-0.15, -0.1) is 0 Å². The van der Waals surface area contributed by atoms with Crippen molar-refractivity contribution in [2.45, 2.75) is 19.3 Å². The monoisotopic (exact) mass is 600 g/mol. The second-order valence-electron chi connectivity index (χ2n) is 12.4. The van der Waals surface area contributed by atoms with Crippen molar-refractivity contribution in [3.63, 3.8) is 0 Å². The maximum absolute atomic E-state index is 2.25. The number of rotatable bonds is 0. The Kier molecular flexibility index (Phi) is 7.92. The topological polar surface area (TPSA) is 0 Å². The second kappa shape index (κ2) is 12.9.